The van der Waals surface area contributed by atoms with Crippen molar-refractivity contribution in [1.29, 1.82) is 0 Å². The van der Waals surface area contributed by atoms with E-state index in [4.69, 9.17) is 0 Å². The van der Waals surface area contributed by atoms with Crippen LogP contribution in [0.25, 0.3) is 10.9 Å². The number of rotatable bonds is 3. The number of amides is 2. The lowest BCUT2D eigenvalue weighted by molar-refractivity contribution is 0.248. The second-order valence-electron chi connectivity index (χ2n) is 6.35. The van der Waals surface area contributed by atoms with Crippen molar-refractivity contribution in [2.75, 3.05) is 5.32 Å². The van der Waals surface area contributed by atoms with Crippen LogP contribution in [0.1, 0.15) is 30.7 Å². The largest absolute Gasteiger partial charge is 0.335 e. The van der Waals surface area contributed by atoms with Crippen LogP contribution in [0.5, 0.6) is 0 Å². The second kappa shape index (κ2) is 6.35. The maximum absolute atomic E-state index is 12.3. The summed E-state index contributed by atoms with van der Waals surface area (Å²) >= 11 is 0. The van der Waals surface area contributed by atoms with E-state index >= 15 is 0 Å². The number of carbonyl (C=O) groups is 1. The molecule has 0 spiro atoms. The van der Waals surface area contributed by atoms with Crippen LogP contribution in [0, 0.1) is 0 Å². The van der Waals surface area contributed by atoms with Crippen molar-refractivity contribution < 1.29 is 4.79 Å². The molecule has 0 bridgehead atoms. The van der Waals surface area contributed by atoms with E-state index in [-0.39, 0.29) is 12.1 Å². The molecule has 0 saturated heterocycles. The number of fused-ring (bicyclic) bond motifs is 1. The Morgan fingerprint density at radius 3 is 2.83 bits per heavy atom. The van der Waals surface area contributed by atoms with Crippen LogP contribution >= 0.6 is 0 Å². The van der Waals surface area contributed by atoms with Gasteiger partial charge in [0.2, 0.25) is 0 Å². The van der Waals surface area contributed by atoms with Crippen LogP contribution in [0.2, 0.25) is 0 Å². The van der Waals surface area contributed by atoms with Crippen molar-refractivity contribution in [2.45, 2.75) is 31.2 Å². The molecule has 5 heteroatoms. The third-order valence-electron chi connectivity index (χ3n) is 4.77. The first-order valence-electron chi connectivity index (χ1n) is 8.34. The molecule has 122 valence electrons. The number of nitrogens with zero attached hydrogens (tertiary/aromatic N) is 1. The fourth-order valence-electron chi connectivity index (χ4n) is 3.56. The fraction of sp³-hybridized carbons (Fsp3) is 0.263. The highest BCUT2D eigenvalue weighted by Crippen LogP contribution is 2.34. The molecule has 2 amide bonds. The number of aromatic amines is 1. The van der Waals surface area contributed by atoms with Gasteiger partial charge in [0.25, 0.3) is 0 Å². The predicted octanol–water partition coefficient (Wildman–Crippen LogP) is 4.02. The van der Waals surface area contributed by atoms with Gasteiger partial charge in [0.05, 0.1) is 17.4 Å². The molecule has 4 rings (SSSR count). The monoisotopic (exact) mass is 320 g/mol. The Morgan fingerprint density at radius 1 is 1.08 bits per heavy atom. The molecule has 1 aromatic heterocycles. The lowest BCUT2D eigenvalue weighted by Crippen LogP contribution is -2.36. The molecule has 1 heterocycles. The van der Waals surface area contributed by atoms with Gasteiger partial charge in [-0.3, -0.25) is 5.10 Å². The van der Waals surface area contributed by atoms with Gasteiger partial charge in [0, 0.05) is 11.4 Å². The van der Waals surface area contributed by atoms with E-state index in [1.54, 1.807) is 6.20 Å². The summed E-state index contributed by atoms with van der Waals surface area (Å²) in [6.45, 7) is 0. The van der Waals surface area contributed by atoms with E-state index in [9.17, 15) is 4.79 Å². The molecular weight excluding hydrogens is 300 g/mol. The van der Waals surface area contributed by atoms with Gasteiger partial charge >= 0.3 is 6.03 Å². The summed E-state index contributed by atoms with van der Waals surface area (Å²) in [6.07, 6.45) is 4.86. The third kappa shape index (κ3) is 2.97. The summed E-state index contributed by atoms with van der Waals surface area (Å²) in [5.74, 6) is 0.536. The van der Waals surface area contributed by atoms with Gasteiger partial charge in [-0.2, -0.15) is 5.10 Å². The van der Waals surface area contributed by atoms with Crippen LogP contribution in [0.3, 0.4) is 0 Å². The molecule has 1 aliphatic rings. The van der Waals surface area contributed by atoms with E-state index in [0.717, 1.165) is 35.9 Å². The molecule has 1 aliphatic carbocycles. The van der Waals surface area contributed by atoms with Crippen molar-refractivity contribution in [2.24, 2.45) is 0 Å². The number of aromatic nitrogens is 2. The van der Waals surface area contributed by atoms with E-state index < -0.39 is 0 Å². The quantitative estimate of drug-likeness (QED) is 0.682. The average molecular weight is 320 g/mol. The topological polar surface area (TPSA) is 69.8 Å². The highest BCUT2D eigenvalue weighted by molar-refractivity contribution is 6.00. The van der Waals surface area contributed by atoms with Gasteiger partial charge in [-0.25, -0.2) is 4.79 Å². The van der Waals surface area contributed by atoms with Gasteiger partial charge in [-0.05, 0) is 42.9 Å². The van der Waals surface area contributed by atoms with Gasteiger partial charge in [0.15, 0.2) is 0 Å². The second-order valence-corrected chi connectivity index (χ2v) is 6.35. The lowest BCUT2D eigenvalue weighted by Gasteiger charge is -2.15. The van der Waals surface area contributed by atoms with Gasteiger partial charge in [-0.15, -0.1) is 0 Å². The minimum atomic E-state index is -0.151. The molecule has 0 radical (unpaired) electrons. The Bertz CT molecular complexity index is 843. The first-order valence-corrected chi connectivity index (χ1v) is 8.34. The third-order valence-corrected chi connectivity index (χ3v) is 4.77. The molecule has 2 atom stereocenters. The Morgan fingerprint density at radius 2 is 1.96 bits per heavy atom. The molecule has 0 unspecified atom stereocenters. The van der Waals surface area contributed by atoms with Crippen molar-refractivity contribution in [3.63, 3.8) is 0 Å². The Hall–Kier alpha value is -2.82. The number of carbonyl (C=O) groups excluding carboxylic acids is 1. The van der Waals surface area contributed by atoms with Gasteiger partial charge < -0.3 is 10.6 Å². The molecular formula is C19H20N4O. The van der Waals surface area contributed by atoms with Crippen molar-refractivity contribution >= 4 is 22.6 Å². The molecule has 3 aromatic rings. The smallest absolute Gasteiger partial charge is 0.319 e. The predicted molar refractivity (Wildman–Crippen MR) is 95.1 cm³/mol. The fourth-order valence-corrected chi connectivity index (χ4v) is 3.56. The number of nitrogens with one attached hydrogen (secondary N) is 3. The highest BCUT2D eigenvalue weighted by atomic mass is 16.2. The molecule has 24 heavy (non-hydrogen) atoms. The summed E-state index contributed by atoms with van der Waals surface area (Å²) in [5.41, 5.74) is 3.06. The number of urea groups is 1. The summed E-state index contributed by atoms with van der Waals surface area (Å²) < 4.78 is 0. The zero-order valence-electron chi connectivity index (χ0n) is 13.3. The number of anilines is 1. The highest BCUT2D eigenvalue weighted by Gasteiger charge is 2.26. The maximum Gasteiger partial charge on any atom is 0.319 e. The van der Waals surface area contributed by atoms with E-state index in [1.807, 2.05) is 24.3 Å². The molecule has 3 N–H and O–H groups in total. The number of H-pyrrole nitrogens is 1. The van der Waals surface area contributed by atoms with Crippen LogP contribution in [0.15, 0.2) is 54.7 Å². The number of benzene rings is 2. The SMILES string of the molecule is O=C(Nc1cccc2[nH]ncc12)N[C@H]1CC[C@H](c2ccccc2)C1. The van der Waals surface area contributed by atoms with Crippen LogP contribution in [-0.4, -0.2) is 22.3 Å². The van der Waals surface area contributed by atoms with E-state index in [0.29, 0.717) is 5.92 Å². The maximum atomic E-state index is 12.3. The molecule has 1 saturated carbocycles. The van der Waals surface area contributed by atoms with Crippen LogP contribution in [-0.2, 0) is 0 Å². The lowest BCUT2D eigenvalue weighted by atomic mass is 9.98. The first-order chi connectivity index (χ1) is 11.8. The van der Waals surface area contributed by atoms with Crippen molar-refractivity contribution in [3.8, 4) is 0 Å². The van der Waals surface area contributed by atoms with E-state index in [1.165, 1.54) is 5.56 Å². The van der Waals surface area contributed by atoms with Gasteiger partial charge in [-0.1, -0.05) is 36.4 Å². The van der Waals surface area contributed by atoms with Crippen molar-refractivity contribution in [3.05, 3.63) is 60.3 Å². The summed E-state index contributed by atoms with van der Waals surface area (Å²) in [5, 5.41) is 13.9. The number of hydrogen-bond acceptors (Lipinski definition) is 2. The standard InChI is InChI=1S/C19H20N4O/c24-19(22-17-7-4-8-18-16(17)12-20-23-18)21-15-10-9-14(11-15)13-5-2-1-3-6-13/h1-8,12,14-15H,9-11H2,(H,20,23)(H2,21,22,24)/t14-,15-/m0/s1. The van der Waals surface area contributed by atoms with E-state index in [2.05, 4.69) is 45.1 Å². The normalized spacial score (nSPS) is 20.2. The average Bonchev–Trinajstić information content (AvgIpc) is 3.25. The number of hydrogen-bond donors (Lipinski definition) is 3. The summed E-state index contributed by atoms with van der Waals surface area (Å²) in [7, 11) is 0. The Labute approximate surface area is 140 Å². The van der Waals surface area contributed by atoms with Crippen LogP contribution < -0.4 is 10.6 Å². The zero-order chi connectivity index (χ0) is 16.4. The summed E-state index contributed by atoms with van der Waals surface area (Å²) in [6, 6.07) is 16.3. The molecule has 2 aromatic carbocycles. The summed E-state index contributed by atoms with van der Waals surface area (Å²) in [4.78, 5) is 12.3. The Balaban J connectivity index is 1.38. The molecule has 1 fully saturated rings. The molecule has 5 nitrogen and oxygen atoms in total. The van der Waals surface area contributed by atoms with Crippen LogP contribution in [0.4, 0.5) is 10.5 Å². The Kier molecular flexibility index (Phi) is 3.91. The van der Waals surface area contributed by atoms with Crippen molar-refractivity contribution in [1.82, 2.24) is 15.5 Å². The minimum Gasteiger partial charge on any atom is -0.335 e. The first kappa shape index (κ1) is 14.8. The molecule has 0 aliphatic heterocycles. The minimum absolute atomic E-state index is 0.151. The zero-order valence-corrected chi connectivity index (χ0v) is 13.3. The van der Waals surface area contributed by atoms with Gasteiger partial charge in [0.1, 0.15) is 0 Å².